The van der Waals surface area contributed by atoms with Gasteiger partial charge in [-0.05, 0) is 37.4 Å². The predicted molar refractivity (Wildman–Crippen MR) is 108 cm³/mol. The molecule has 0 radical (unpaired) electrons. The van der Waals surface area contributed by atoms with E-state index in [0.717, 1.165) is 0 Å². The van der Waals surface area contributed by atoms with Crippen LogP contribution in [0.15, 0.2) is 0 Å². The fourth-order valence-electron chi connectivity index (χ4n) is 4.29. The molecule has 1 unspecified atom stereocenters. The first-order valence-corrected chi connectivity index (χ1v) is 12.1. The number of ketones is 1. The highest BCUT2D eigenvalue weighted by molar-refractivity contribution is 6.77. The van der Waals surface area contributed by atoms with Crippen molar-refractivity contribution in [1.82, 2.24) is 4.90 Å². The second-order valence-corrected chi connectivity index (χ2v) is 14.9. The van der Waals surface area contributed by atoms with Gasteiger partial charge in [0.1, 0.15) is 11.4 Å². The summed E-state index contributed by atoms with van der Waals surface area (Å²) in [5.74, 6) is -0.0524. The molecule has 152 valence electrons. The summed E-state index contributed by atoms with van der Waals surface area (Å²) in [6, 6.07) is 0. The third-order valence-corrected chi connectivity index (χ3v) is 11.5. The maximum atomic E-state index is 12.4. The third kappa shape index (κ3) is 5.56. The number of rotatable bonds is 6. The largest absolute Gasteiger partial charge is 0.444 e. The summed E-state index contributed by atoms with van der Waals surface area (Å²) < 4.78 is 12.1. The van der Waals surface area contributed by atoms with Crippen molar-refractivity contribution < 1.29 is 18.8 Å². The van der Waals surface area contributed by atoms with Crippen LogP contribution in [-0.4, -0.2) is 50.4 Å². The molecule has 1 amide bonds. The van der Waals surface area contributed by atoms with Crippen molar-refractivity contribution in [2.45, 2.75) is 91.0 Å². The highest BCUT2D eigenvalue weighted by Gasteiger charge is 2.46. The van der Waals surface area contributed by atoms with Crippen molar-refractivity contribution in [3.8, 4) is 0 Å². The van der Waals surface area contributed by atoms with E-state index in [1.54, 1.807) is 4.90 Å². The molecule has 0 aliphatic carbocycles. The third-order valence-electron chi connectivity index (χ3n) is 5.42. The van der Waals surface area contributed by atoms with Gasteiger partial charge < -0.3 is 14.1 Å². The first-order chi connectivity index (χ1) is 11.8. The summed E-state index contributed by atoms with van der Waals surface area (Å²) in [6.07, 6.45) is 0.0439. The summed E-state index contributed by atoms with van der Waals surface area (Å²) >= 11 is 0. The Labute approximate surface area is 160 Å². The lowest BCUT2D eigenvalue weighted by Gasteiger charge is -2.43. The monoisotopic (exact) mass is 385 g/mol. The van der Waals surface area contributed by atoms with Crippen LogP contribution < -0.4 is 0 Å². The standard InChI is InChI=1S/C20H39NO4Si/c1-14(2)26(15(3)4,16(5)6)24-13-17-12-21(11-10-18(17)22)19(23)25-20(7,8)9/h14-17H,10-13H2,1-9H3. The van der Waals surface area contributed by atoms with Crippen molar-refractivity contribution in [3.63, 3.8) is 0 Å². The molecule has 5 nitrogen and oxygen atoms in total. The second-order valence-electron chi connectivity index (χ2n) is 9.47. The maximum Gasteiger partial charge on any atom is 0.410 e. The van der Waals surface area contributed by atoms with Crippen LogP contribution in [0, 0.1) is 5.92 Å². The topological polar surface area (TPSA) is 55.8 Å². The summed E-state index contributed by atoms with van der Waals surface area (Å²) in [5, 5.41) is 0. The van der Waals surface area contributed by atoms with E-state index in [1.807, 2.05) is 20.8 Å². The normalized spacial score (nSPS) is 19.6. The van der Waals surface area contributed by atoms with Crippen LogP contribution in [0.4, 0.5) is 4.79 Å². The molecule has 0 aromatic heterocycles. The fourth-order valence-corrected chi connectivity index (χ4v) is 9.78. The molecule has 0 aromatic carbocycles. The van der Waals surface area contributed by atoms with Crippen molar-refractivity contribution in [1.29, 1.82) is 0 Å². The minimum atomic E-state index is -2.02. The van der Waals surface area contributed by atoms with E-state index in [-0.39, 0.29) is 17.8 Å². The Balaban J connectivity index is 2.83. The Morgan fingerprint density at radius 2 is 1.62 bits per heavy atom. The zero-order valence-corrected chi connectivity index (χ0v) is 19.2. The minimum Gasteiger partial charge on any atom is -0.444 e. The molecule has 1 aliphatic rings. The summed E-state index contributed by atoms with van der Waals surface area (Å²) in [4.78, 5) is 26.4. The highest BCUT2D eigenvalue weighted by atomic mass is 28.4. The van der Waals surface area contributed by atoms with Crippen LogP contribution in [-0.2, 0) is 14.0 Å². The SMILES string of the molecule is CC(C)[Si](OCC1CN(C(=O)OC(C)(C)C)CCC1=O)(C(C)C)C(C)C. The van der Waals surface area contributed by atoms with Gasteiger partial charge >= 0.3 is 6.09 Å². The van der Waals surface area contributed by atoms with Gasteiger partial charge in [-0.2, -0.15) is 0 Å². The van der Waals surface area contributed by atoms with Crippen LogP contribution in [0.1, 0.15) is 68.7 Å². The van der Waals surface area contributed by atoms with E-state index in [1.165, 1.54) is 0 Å². The van der Waals surface area contributed by atoms with Gasteiger partial charge in [0.15, 0.2) is 8.32 Å². The second kappa shape index (κ2) is 8.87. The maximum absolute atomic E-state index is 12.4. The number of hydrogen-bond donors (Lipinski definition) is 0. The van der Waals surface area contributed by atoms with E-state index in [9.17, 15) is 9.59 Å². The number of likely N-dealkylation sites (tertiary alicyclic amines) is 1. The molecule has 26 heavy (non-hydrogen) atoms. The van der Waals surface area contributed by atoms with E-state index in [4.69, 9.17) is 9.16 Å². The summed E-state index contributed by atoms with van der Waals surface area (Å²) in [6.45, 7) is 20.2. The molecule has 1 saturated heterocycles. The van der Waals surface area contributed by atoms with Crippen molar-refractivity contribution >= 4 is 20.2 Å². The summed E-state index contributed by atoms with van der Waals surface area (Å²) in [5.41, 5.74) is 0.897. The van der Waals surface area contributed by atoms with E-state index in [0.29, 0.717) is 42.7 Å². The Kier molecular flexibility index (Phi) is 7.90. The minimum absolute atomic E-state index is 0.198. The van der Waals surface area contributed by atoms with Crippen LogP contribution in [0.3, 0.4) is 0 Å². The molecular weight excluding hydrogens is 346 g/mol. The van der Waals surface area contributed by atoms with Gasteiger partial charge in [0.05, 0.1) is 5.92 Å². The molecule has 1 aliphatic heterocycles. The molecule has 0 saturated carbocycles. The molecule has 1 fully saturated rings. The molecule has 0 spiro atoms. The van der Waals surface area contributed by atoms with Crippen molar-refractivity contribution in [2.24, 2.45) is 5.92 Å². The fraction of sp³-hybridized carbons (Fsp3) is 0.900. The summed E-state index contributed by atoms with van der Waals surface area (Å²) in [7, 11) is -2.02. The van der Waals surface area contributed by atoms with Gasteiger partial charge in [-0.3, -0.25) is 4.79 Å². The highest BCUT2D eigenvalue weighted by Crippen LogP contribution is 2.42. The van der Waals surface area contributed by atoms with Gasteiger partial charge in [0, 0.05) is 26.1 Å². The number of carbonyl (C=O) groups excluding carboxylic acids is 2. The number of piperidine rings is 1. The Hall–Kier alpha value is -0.883. The molecule has 0 bridgehead atoms. The van der Waals surface area contributed by atoms with Gasteiger partial charge in [0.25, 0.3) is 0 Å². The quantitative estimate of drug-likeness (QED) is 0.603. The Morgan fingerprint density at radius 3 is 2.04 bits per heavy atom. The van der Waals surface area contributed by atoms with Gasteiger partial charge in [0.2, 0.25) is 0 Å². The van der Waals surface area contributed by atoms with Gasteiger partial charge in [-0.15, -0.1) is 0 Å². The lowest BCUT2D eigenvalue weighted by molar-refractivity contribution is -0.127. The molecule has 6 heteroatoms. The first-order valence-electron chi connectivity index (χ1n) is 9.95. The van der Waals surface area contributed by atoms with Gasteiger partial charge in [-0.1, -0.05) is 41.5 Å². The Bertz CT molecular complexity index is 475. The number of Topliss-reactive ketones (excluding diaryl/α,β-unsaturated/α-hetero) is 1. The average Bonchev–Trinajstić information content (AvgIpc) is 2.46. The van der Waals surface area contributed by atoms with Crippen LogP contribution in [0.5, 0.6) is 0 Å². The van der Waals surface area contributed by atoms with Crippen LogP contribution in [0.2, 0.25) is 16.6 Å². The first kappa shape index (κ1) is 23.2. The average molecular weight is 386 g/mol. The molecule has 0 N–H and O–H groups in total. The molecule has 0 aromatic rings. The van der Waals surface area contributed by atoms with E-state index < -0.39 is 13.9 Å². The molecule has 1 atom stereocenters. The number of carbonyl (C=O) groups is 2. The van der Waals surface area contributed by atoms with Crippen LogP contribution in [0.25, 0.3) is 0 Å². The van der Waals surface area contributed by atoms with Crippen LogP contribution >= 0.6 is 0 Å². The van der Waals surface area contributed by atoms with E-state index >= 15 is 0 Å². The Morgan fingerprint density at radius 1 is 1.12 bits per heavy atom. The zero-order chi connectivity index (χ0) is 20.3. The predicted octanol–water partition coefficient (Wildman–Crippen LogP) is 5.00. The number of hydrogen-bond acceptors (Lipinski definition) is 4. The van der Waals surface area contributed by atoms with Gasteiger partial charge in [-0.25, -0.2) is 4.79 Å². The zero-order valence-electron chi connectivity index (χ0n) is 18.2. The number of amides is 1. The smallest absolute Gasteiger partial charge is 0.410 e. The van der Waals surface area contributed by atoms with Crippen molar-refractivity contribution in [3.05, 3.63) is 0 Å². The molecule has 1 heterocycles. The number of ether oxygens (including phenoxy) is 1. The lowest BCUT2D eigenvalue weighted by atomic mass is 9.98. The van der Waals surface area contributed by atoms with Crippen molar-refractivity contribution in [2.75, 3.05) is 19.7 Å². The molecule has 1 rings (SSSR count). The number of nitrogens with zero attached hydrogens (tertiary/aromatic N) is 1. The van der Waals surface area contributed by atoms with E-state index in [2.05, 4.69) is 41.5 Å². The lowest BCUT2D eigenvalue weighted by Crippen LogP contribution is -2.52. The molecular formula is C20H39NO4Si.